The summed E-state index contributed by atoms with van der Waals surface area (Å²) in [5, 5.41) is 69.8. The van der Waals surface area contributed by atoms with Crippen LogP contribution in [0, 0.1) is 0 Å². The van der Waals surface area contributed by atoms with Crippen molar-refractivity contribution >= 4 is 12.0 Å². The molecule has 0 bridgehead atoms. The highest BCUT2D eigenvalue weighted by molar-refractivity contribution is 5.87. The summed E-state index contributed by atoms with van der Waals surface area (Å²) in [5.41, 5.74) is 0.715. The molecule has 0 aromatic heterocycles. The number of carbonyl (C=O) groups excluding carboxylic acids is 1. The Bertz CT molecular complexity index is 787. The van der Waals surface area contributed by atoms with Gasteiger partial charge in [0.15, 0.2) is 6.29 Å². The number of benzene rings is 1. The van der Waals surface area contributed by atoms with Gasteiger partial charge in [-0.05, 0) is 11.6 Å². The number of hydrogen-bond donors (Lipinski definition) is 7. The van der Waals surface area contributed by atoms with Crippen molar-refractivity contribution in [1.29, 1.82) is 0 Å². The molecule has 12 nitrogen and oxygen atoms in total. The molecule has 0 unspecified atom stereocenters. The van der Waals surface area contributed by atoms with E-state index in [9.17, 15) is 40.5 Å². The van der Waals surface area contributed by atoms with Gasteiger partial charge in [0, 0.05) is 6.08 Å². The first kappa shape index (κ1) is 25.6. The molecule has 2 aliphatic heterocycles. The van der Waals surface area contributed by atoms with E-state index in [1.165, 1.54) is 6.08 Å². The normalized spacial score (nSPS) is 39.5. The molecule has 2 saturated heterocycles. The van der Waals surface area contributed by atoms with Crippen LogP contribution in [0.1, 0.15) is 5.56 Å². The van der Waals surface area contributed by atoms with E-state index in [-0.39, 0.29) is 0 Å². The molecule has 184 valence electrons. The van der Waals surface area contributed by atoms with Gasteiger partial charge in [0.05, 0.1) is 13.2 Å². The zero-order chi connectivity index (χ0) is 24.1. The smallest absolute Gasteiger partial charge is 0.333 e. The minimum Gasteiger partial charge on any atom is -0.430 e. The third-order valence-corrected chi connectivity index (χ3v) is 5.41. The molecule has 12 heteroatoms. The van der Waals surface area contributed by atoms with Crippen LogP contribution in [0.15, 0.2) is 36.4 Å². The number of esters is 1. The minimum atomic E-state index is -1.80. The molecule has 10 atom stereocenters. The highest BCUT2D eigenvalue weighted by Crippen LogP contribution is 2.29. The van der Waals surface area contributed by atoms with Crippen molar-refractivity contribution in [1.82, 2.24) is 0 Å². The summed E-state index contributed by atoms with van der Waals surface area (Å²) in [7, 11) is 0. The van der Waals surface area contributed by atoms with Gasteiger partial charge >= 0.3 is 5.97 Å². The Morgan fingerprint density at radius 2 is 1.42 bits per heavy atom. The van der Waals surface area contributed by atoms with Crippen molar-refractivity contribution < 1.29 is 59.5 Å². The summed E-state index contributed by atoms with van der Waals surface area (Å²) in [6, 6.07) is 8.84. The average molecular weight is 472 g/mol. The standard InChI is InChI=1S/C21H28O12/c22-8-11-14(25)16(27)17(28)20(30-11)33-19-15(26)12(9-23)31-21(18(19)29)32-13(24)7-6-10-4-2-1-3-5-10/h1-7,11-12,14-23,25-29H,8-9H2/b7-6+/t11-,12-,14-,15-,16+,17-,18-,19+,20+,21+/m1/s1. The lowest BCUT2D eigenvalue weighted by molar-refractivity contribution is -0.356. The third-order valence-electron chi connectivity index (χ3n) is 5.41. The van der Waals surface area contributed by atoms with E-state index in [0.29, 0.717) is 5.56 Å². The number of aliphatic hydroxyl groups is 7. The van der Waals surface area contributed by atoms with Crippen LogP contribution in [0.3, 0.4) is 0 Å². The Labute approximate surface area is 188 Å². The Balaban J connectivity index is 1.70. The zero-order valence-corrected chi connectivity index (χ0v) is 17.4. The monoisotopic (exact) mass is 472 g/mol. The second-order valence-electron chi connectivity index (χ2n) is 7.69. The molecule has 0 saturated carbocycles. The lowest BCUT2D eigenvalue weighted by Crippen LogP contribution is -2.65. The van der Waals surface area contributed by atoms with E-state index in [1.54, 1.807) is 30.3 Å². The fourth-order valence-electron chi connectivity index (χ4n) is 3.53. The van der Waals surface area contributed by atoms with Crippen LogP contribution >= 0.6 is 0 Å². The van der Waals surface area contributed by atoms with Gasteiger partial charge in [-0.25, -0.2) is 4.79 Å². The van der Waals surface area contributed by atoms with Gasteiger partial charge in [-0.1, -0.05) is 30.3 Å². The van der Waals surface area contributed by atoms with Crippen LogP contribution in [0.5, 0.6) is 0 Å². The van der Waals surface area contributed by atoms with Crippen molar-refractivity contribution in [3.05, 3.63) is 42.0 Å². The highest BCUT2D eigenvalue weighted by Gasteiger charge is 2.51. The van der Waals surface area contributed by atoms with E-state index < -0.39 is 80.6 Å². The number of carbonyl (C=O) groups is 1. The molecule has 33 heavy (non-hydrogen) atoms. The van der Waals surface area contributed by atoms with Gasteiger partial charge in [0.2, 0.25) is 6.29 Å². The number of aliphatic hydroxyl groups excluding tert-OH is 7. The van der Waals surface area contributed by atoms with Crippen LogP contribution < -0.4 is 0 Å². The van der Waals surface area contributed by atoms with Crippen molar-refractivity contribution in [3.63, 3.8) is 0 Å². The molecule has 1 aromatic carbocycles. The fraction of sp³-hybridized carbons (Fsp3) is 0.571. The van der Waals surface area contributed by atoms with E-state index in [4.69, 9.17) is 18.9 Å². The van der Waals surface area contributed by atoms with E-state index in [0.717, 1.165) is 6.08 Å². The summed E-state index contributed by atoms with van der Waals surface area (Å²) >= 11 is 0. The molecule has 7 N–H and O–H groups in total. The molecule has 2 heterocycles. The first-order valence-electron chi connectivity index (χ1n) is 10.3. The SMILES string of the molecule is O=C(/C=C/c1ccccc1)O[C@@H]1O[C@H](CO)[C@@H](O)[C@H](O[C@@H]2O[C@H](CO)[C@@H](O)[C@H](O)[C@H]2O)[C@H]1O. The number of ether oxygens (including phenoxy) is 4. The van der Waals surface area contributed by atoms with Crippen LogP contribution in [0.2, 0.25) is 0 Å². The van der Waals surface area contributed by atoms with Gasteiger partial charge in [0.1, 0.15) is 48.8 Å². The van der Waals surface area contributed by atoms with Crippen molar-refractivity contribution in [3.8, 4) is 0 Å². The van der Waals surface area contributed by atoms with Gasteiger partial charge in [-0.2, -0.15) is 0 Å². The minimum absolute atomic E-state index is 0.711. The molecule has 0 amide bonds. The lowest BCUT2D eigenvalue weighted by atomic mass is 9.97. The topological polar surface area (TPSA) is 196 Å². The van der Waals surface area contributed by atoms with Gasteiger partial charge in [-0.3, -0.25) is 0 Å². The van der Waals surface area contributed by atoms with E-state index in [2.05, 4.69) is 0 Å². The van der Waals surface area contributed by atoms with Crippen LogP contribution in [0.25, 0.3) is 6.08 Å². The number of rotatable bonds is 7. The zero-order valence-electron chi connectivity index (χ0n) is 17.4. The summed E-state index contributed by atoms with van der Waals surface area (Å²) in [4.78, 5) is 12.2. The van der Waals surface area contributed by atoms with Crippen molar-refractivity contribution in [2.45, 2.75) is 61.4 Å². The van der Waals surface area contributed by atoms with Gasteiger partial charge < -0.3 is 54.7 Å². The highest BCUT2D eigenvalue weighted by atomic mass is 16.7. The molecule has 0 radical (unpaired) electrons. The molecular formula is C21H28O12. The maximum atomic E-state index is 12.2. The largest absolute Gasteiger partial charge is 0.430 e. The molecule has 3 rings (SSSR count). The lowest BCUT2D eigenvalue weighted by Gasteiger charge is -2.45. The van der Waals surface area contributed by atoms with Crippen LogP contribution in [-0.2, 0) is 23.7 Å². The Morgan fingerprint density at radius 3 is 2.06 bits per heavy atom. The molecular weight excluding hydrogens is 444 g/mol. The Morgan fingerprint density at radius 1 is 0.818 bits per heavy atom. The second-order valence-corrected chi connectivity index (χ2v) is 7.69. The average Bonchev–Trinajstić information content (AvgIpc) is 2.82. The quantitative estimate of drug-likeness (QED) is 0.156. The predicted octanol–water partition coefficient (Wildman–Crippen LogP) is -3.13. The fourth-order valence-corrected chi connectivity index (χ4v) is 3.53. The molecule has 2 fully saturated rings. The van der Waals surface area contributed by atoms with Crippen LogP contribution in [0.4, 0.5) is 0 Å². The third kappa shape index (κ3) is 5.94. The summed E-state index contributed by atoms with van der Waals surface area (Å²) in [5.74, 6) is -0.887. The van der Waals surface area contributed by atoms with Crippen molar-refractivity contribution in [2.24, 2.45) is 0 Å². The first-order chi connectivity index (χ1) is 15.8. The maximum Gasteiger partial charge on any atom is 0.333 e. The number of hydrogen-bond acceptors (Lipinski definition) is 12. The Hall–Kier alpha value is -1.97. The molecule has 0 aliphatic carbocycles. The van der Waals surface area contributed by atoms with E-state index >= 15 is 0 Å². The first-order valence-corrected chi connectivity index (χ1v) is 10.3. The summed E-state index contributed by atoms with van der Waals surface area (Å²) < 4.78 is 21.0. The summed E-state index contributed by atoms with van der Waals surface area (Å²) in [6.07, 6.45) is -13.6. The van der Waals surface area contributed by atoms with Crippen LogP contribution in [-0.4, -0.2) is 116 Å². The molecule has 1 aromatic rings. The van der Waals surface area contributed by atoms with Crippen molar-refractivity contribution in [2.75, 3.05) is 13.2 Å². The predicted molar refractivity (Wildman–Crippen MR) is 108 cm³/mol. The van der Waals surface area contributed by atoms with Gasteiger partial charge in [0.25, 0.3) is 0 Å². The Kier molecular flexibility index (Phi) is 8.89. The maximum absolute atomic E-state index is 12.2. The second kappa shape index (κ2) is 11.4. The van der Waals surface area contributed by atoms with E-state index in [1.807, 2.05) is 0 Å². The molecule has 2 aliphatic rings. The summed E-state index contributed by atoms with van der Waals surface area (Å²) in [6.45, 7) is -1.44. The van der Waals surface area contributed by atoms with Gasteiger partial charge in [-0.15, -0.1) is 0 Å². The molecule has 0 spiro atoms.